The van der Waals surface area contributed by atoms with Crippen molar-refractivity contribution in [2.75, 3.05) is 19.8 Å². The normalized spacial score (nSPS) is 12.0. The molecule has 0 unspecified atom stereocenters. The van der Waals surface area contributed by atoms with Crippen LogP contribution in [0.1, 0.15) is 30.5 Å². The molecule has 0 fully saturated rings. The van der Waals surface area contributed by atoms with Gasteiger partial charge in [-0.2, -0.15) is 0 Å². The summed E-state index contributed by atoms with van der Waals surface area (Å²) in [7, 11) is 0. The van der Waals surface area contributed by atoms with Gasteiger partial charge in [0.05, 0.1) is 13.2 Å². The van der Waals surface area contributed by atoms with Crippen LogP contribution in [0.3, 0.4) is 0 Å². The van der Waals surface area contributed by atoms with Crippen molar-refractivity contribution in [3.63, 3.8) is 0 Å². The summed E-state index contributed by atoms with van der Waals surface area (Å²) in [5.41, 5.74) is 0.189. The van der Waals surface area contributed by atoms with E-state index < -0.39 is 0 Å². The molecule has 0 atom stereocenters. The quantitative estimate of drug-likeness (QED) is 0.773. The highest BCUT2D eigenvalue weighted by molar-refractivity contribution is 7.11. The molecule has 0 bridgehead atoms. The number of hydrogen-bond acceptors (Lipinski definition) is 3. The van der Waals surface area contributed by atoms with Crippen molar-refractivity contribution in [1.29, 1.82) is 0 Å². The van der Waals surface area contributed by atoms with Crippen LogP contribution in [0.4, 0.5) is 0 Å². The fraction of sp³-hybridized carbons (Fsp3) is 0.692. The van der Waals surface area contributed by atoms with Crippen molar-refractivity contribution >= 4 is 11.3 Å². The van der Waals surface area contributed by atoms with Crippen LogP contribution in [0, 0.1) is 6.92 Å². The summed E-state index contributed by atoms with van der Waals surface area (Å²) in [5, 5.41) is 3.40. The van der Waals surface area contributed by atoms with E-state index >= 15 is 0 Å². The molecular weight excluding hydrogens is 218 g/mol. The maximum atomic E-state index is 5.59. The third-order valence-electron chi connectivity index (χ3n) is 2.19. The molecule has 0 spiro atoms. The van der Waals surface area contributed by atoms with Crippen LogP contribution in [-0.4, -0.2) is 25.3 Å². The summed E-state index contributed by atoms with van der Waals surface area (Å²) in [5.74, 6) is 0. The molecule has 0 aromatic carbocycles. The van der Waals surface area contributed by atoms with Crippen molar-refractivity contribution in [2.45, 2.75) is 39.7 Å². The van der Waals surface area contributed by atoms with Gasteiger partial charge in [-0.3, -0.25) is 0 Å². The summed E-state index contributed by atoms with van der Waals surface area (Å²) in [4.78, 5) is 2.80. The van der Waals surface area contributed by atoms with Gasteiger partial charge in [0.15, 0.2) is 0 Å². The van der Waals surface area contributed by atoms with E-state index in [1.807, 2.05) is 11.3 Å². The molecule has 16 heavy (non-hydrogen) atoms. The molecule has 2 nitrogen and oxygen atoms in total. The van der Waals surface area contributed by atoms with E-state index in [0.717, 1.165) is 26.2 Å². The molecule has 0 amide bonds. The Bertz CT molecular complexity index is 301. The fourth-order valence-electron chi connectivity index (χ4n) is 1.39. The summed E-state index contributed by atoms with van der Waals surface area (Å²) in [6, 6.07) is 4.36. The standard InChI is InChI=1S/C13H23NOS/c1-11-5-6-12(16-11)7-9-15-10-8-14-13(2,3)4/h5-6,14H,7-10H2,1-4H3. The first-order valence-electron chi connectivity index (χ1n) is 5.85. The number of hydrogen-bond donors (Lipinski definition) is 1. The molecule has 0 aliphatic heterocycles. The van der Waals surface area contributed by atoms with Crippen LogP contribution >= 0.6 is 11.3 Å². The first-order chi connectivity index (χ1) is 7.47. The predicted molar refractivity (Wildman–Crippen MR) is 71.3 cm³/mol. The largest absolute Gasteiger partial charge is 0.380 e. The van der Waals surface area contributed by atoms with Gasteiger partial charge in [-0.1, -0.05) is 0 Å². The van der Waals surface area contributed by atoms with Gasteiger partial charge >= 0.3 is 0 Å². The molecular formula is C13H23NOS. The third-order valence-corrected chi connectivity index (χ3v) is 3.25. The van der Waals surface area contributed by atoms with Gasteiger partial charge in [0.1, 0.15) is 0 Å². The minimum absolute atomic E-state index is 0.189. The summed E-state index contributed by atoms with van der Waals surface area (Å²) >= 11 is 1.86. The van der Waals surface area contributed by atoms with Gasteiger partial charge in [0, 0.05) is 28.3 Å². The maximum absolute atomic E-state index is 5.59. The average molecular weight is 241 g/mol. The predicted octanol–water partition coefficient (Wildman–Crippen LogP) is 3.00. The average Bonchev–Trinajstić information content (AvgIpc) is 2.56. The Morgan fingerprint density at radius 3 is 2.56 bits per heavy atom. The molecule has 1 heterocycles. The van der Waals surface area contributed by atoms with Gasteiger partial charge in [0.25, 0.3) is 0 Å². The minimum atomic E-state index is 0.189. The Kier molecular flexibility index (Phi) is 5.46. The third kappa shape index (κ3) is 6.26. The monoisotopic (exact) mass is 241 g/mol. The zero-order valence-electron chi connectivity index (χ0n) is 10.8. The number of ether oxygens (including phenoxy) is 1. The van der Waals surface area contributed by atoms with Crippen LogP contribution in [0.5, 0.6) is 0 Å². The lowest BCUT2D eigenvalue weighted by Gasteiger charge is -2.20. The van der Waals surface area contributed by atoms with Gasteiger partial charge in [0.2, 0.25) is 0 Å². The zero-order valence-corrected chi connectivity index (χ0v) is 11.6. The minimum Gasteiger partial charge on any atom is -0.380 e. The van der Waals surface area contributed by atoms with Crippen molar-refractivity contribution < 1.29 is 4.74 Å². The Balaban J connectivity index is 2.00. The van der Waals surface area contributed by atoms with Crippen LogP contribution in [0.25, 0.3) is 0 Å². The topological polar surface area (TPSA) is 21.3 Å². The van der Waals surface area contributed by atoms with Gasteiger partial charge in [-0.25, -0.2) is 0 Å². The summed E-state index contributed by atoms with van der Waals surface area (Å²) in [6.07, 6.45) is 1.04. The van der Waals surface area contributed by atoms with Crippen molar-refractivity contribution in [3.05, 3.63) is 21.9 Å². The van der Waals surface area contributed by atoms with Crippen molar-refractivity contribution in [3.8, 4) is 0 Å². The highest BCUT2D eigenvalue weighted by atomic mass is 32.1. The van der Waals surface area contributed by atoms with Crippen molar-refractivity contribution in [1.82, 2.24) is 5.32 Å². The molecule has 0 radical (unpaired) electrons. The fourth-order valence-corrected chi connectivity index (χ4v) is 2.26. The van der Waals surface area contributed by atoms with E-state index in [1.165, 1.54) is 9.75 Å². The van der Waals surface area contributed by atoms with Crippen molar-refractivity contribution in [2.24, 2.45) is 0 Å². The highest BCUT2D eigenvalue weighted by Gasteiger charge is 2.06. The molecule has 0 saturated heterocycles. The van der Waals surface area contributed by atoms with E-state index in [0.29, 0.717) is 0 Å². The molecule has 3 heteroatoms. The molecule has 1 N–H and O–H groups in total. The SMILES string of the molecule is Cc1ccc(CCOCCNC(C)(C)C)s1. The Hall–Kier alpha value is -0.380. The van der Waals surface area contributed by atoms with Gasteiger partial charge in [-0.15, -0.1) is 11.3 Å². The lowest BCUT2D eigenvalue weighted by atomic mass is 10.1. The highest BCUT2D eigenvalue weighted by Crippen LogP contribution is 2.15. The van der Waals surface area contributed by atoms with Crippen LogP contribution in [0.15, 0.2) is 12.1 Å². The maximum Gasteiger partial charge on any atom is 0.0591 e. The van der Waals surface area contributed by atoms with E-state index in [4.69, 9.17) is 4.74 Å². The molecule has 92 valence electrons. The van der Waals surface area contributed by atoms with E-state index in [2.05, 4.69) is 45.1 Å². The molecule has 0 aliphatic carbocycles. The number of aryl methyl sites for hydroxylation is 1. The lowest BCUT2D eigenvalue weighted by molar-refractivity contribution is 0.134. The number of rotatable bonds is 6. The van der Waals surface area contributed by atoms with Crippen LogP contribution in [0.2, 0.25) is 0 Å². The van der Waals surface area contributed by atoms with E-state index in [-0.39, 0.29) is 5.54 Å². The van der Waals surface area contributed by atoms with Gasteiger partial charge < -0.3 is 10.1 Å². The number of thiophene rings is 1. The smallest absolute Gasteiger partial charge is 0.0591 e. The Morgan fingerprint density at radius 1 is 1.25 bits per heavy atom. The molecule has 1 rings (SSSR count). The second-order valence-corrected chi connectivity index (χ2v) is 6.42. The molecule has 0 saturated carbocycles. The first-order valence-corrected chi connectivity index (χ1v) is 6.67. The van der Waals surface area contributed by atoms with E-state index in [1.54, 1.807) is 0 Å². The molecule has 1 aromatic heterocycles. The second-order valence-electron chi connectivity index (χ2n) is 5.05. The van der Waals surface area contributed by atoms with Crippen LogP contribution < -0.4 is 5.32 Å². The Labute approximate surface area is 103 Å². The van der Waals surface area contributed by atoms with Gasteiger partial charge in [-0.05, 0) is 39.8 Å². The molecule has 1 aromatic rings. The summed E-state index contributed by atoms with van der Waals surface area (Å²) in [6.45, 7) is 11.2. The summed E-state index contributed by atoms with van der Waals surface area (Å²) < 4.78 is 5.59. The molecule has 0 aliphatic rings. The lowest BCUT2D eigenvalue weighted by Crippen LogP contribution is -2.38. The van der Waals surface area contributed by atoms with E-state index in [9.17, 15) is 0 Å². The Morgan fingerprint density at radius 2 is 2.00 bits per heavy atom. The van der Waals surface area contributed by atoms with Crippen LogP contribution in [-0.2, 0) is 11.2 Å². The first kappa shape index (κ1) is 13.7. The zero-order chi connectivity index (χ0) is 12.0. The second kappa shape index (κ2) is 6.38. The number of nitrogens with one attached hydrogen (secondary N) is 1.